The SMILES string of the molecule is CC(=O)OOC(=O)C(C)(C)NC(=O)c1ncc(C(=O)NC(c2ccccc2)c2ccccc2)c(=O)[nH]1. The Kier molecular flexibility index (Phi) is 7.95. The Bertz CT molecular complexity index is 1280. The summed E-state index contributed by atoms with van der Waals surface area (Å²) in [6.45, 7) is 3.63. The summed E-state index contributed by atoms with van der Waals surface area (Å²) in [6.07, 6.45) is 0.973. The fourth-order valence-corrected chi connectivity index (χ4v) is 3.13. The molecule has 1 heterocycles. The van der Waals surface area contributed by atoms with Crippen LogP contribution in [-0.2, 0) is 19.4 Å². The van der Waals surface area contributed by atoms with Crippen LogP contribution in [0.5, 0.6) is 0 Å². The molecule has 36 heavy (non-hydrogen) atoms. The summed E-state index contributed by atoms with van der Waals surface area (Å²) < 4.78 is 0. The molecule has 2 aromatic carbocycles. The Morgan fingerprint density at radius 3 is 1.94 bits per heavy atom. The van der Waals surface area contributed by atoms with Crippen LogP contribution in [0, 0.1) is 0 Å². The maximum atomic E-state index is 13.0. The van der Waals surface area contributed by atoms with Gasteiger partial charge in [-0.1, -0.05) is 60.7 Å². The van der Waals surface area contributed by atoms with Crippen molar-refractivity contribution >= 4 is 23.8 Å². The Morgan fingerprint density at radius 1 is 0.889 bits per heavy atom. The Morgan fingerprint density at radius 2 is 1.44 bits per heavy atom. The van der Waals surface area contributed by atoms with Crippen molar-refractivity contribution in [3.63, 3.8) is 0 Å². The van der Waals surface area contributed by atoms with Crippen molar-refractivity contribution in [3.8, 4) is 0 Å². The number of aromatic nitrogens is 2. The third kappa shape index (κ3) is 6.41. The molecule has 2 amide bonds. The quantitative estimate of drug-likeness (QED) is 0.333. The van der Waals surface area contributed by atoms with E-state index in [4.69, 9.17) is 0 Å². The van der Waals surface area contributed by atoms with Gasteiger partial charge in [0.15, 0.2) is 5.82 Å². The van der Waals surface area contributed by atoms with Gasteiger partial charge in [-0.25, -0.2) is 24.3 Å². The number of nitrogens with zero attached hydrogens (tertiary/aromatic N) is 1. The van der Waals surface area contributed by atoms with E-state index in [2.05, 4.69) is 30.4 Å². The molecule has 3 N–H and O–H groups in total. The Labute approximate surface area is 205 Å². The molecule has 0 fully saturated rings. The van der Waals surface area contributed by atoms with Gasteiger partial charge in [0.1, 0.15) is 11.1 Å². The Hall–Kier alpha value is -4.80. The van der Waals surface area contributed by atoms with E-state index in [1.807, 2.05) is 60.7 Å². The second-order valence-corrected chi connectivity index (χ2v) is 8.23. The van der Waals surface area contributed by atoms with E-state index >= 15 is 0 Å². The highest BCUT2D eigenvalue weighted by Gasteiger charge is 2.34. The number of rotatable bonds is 7. The highest BCUT2D eigenvalue weighted by molar-refractivity contribution is 5.97. The number of benzene rings is 2. The maximum Gasteiger partial charge on any atom is 0.380 e. The first-order valence-electron chi connectivity index (χ1n) is 10.8. The number of H-pyrrole nitrogens is 1. The predicted molar refractivity (Wildman–Crippen MR) is 126 cm³/mol. The van der Waals surface area contributed by atoms with Gasteiger partial charge in [-0.15, -0.1) is 0 Å². The highest BCUT2D eigenvalue weighted by Crippen LogP contribution is 2.22. The zero-order valence-electron chi connectivity index (χ0n) is 19.7. The van der Waals surface area contributed by atoms with Crippen molar-refractivity contribution < 1.29 is 29.0 Å². The van der Waals surface area contributed by atoms with Crippen LogP contribution in [0.25, 0.3) is 0 Å². The molecule has 0 saturated carbocycles. The first kappa shape index (κ1) is 25.8. The lowest BCUT2D eigenvalue weighted by molar-refractivity contribution is -0.261. The lowest BCUT2D eigenvalue weighted by atomic mass is 9.98. The molecule has 1 aromatic heterocycles. The molecule has 0 bridgehead atoms. The summed E-state index contributed by atoms with van der Waals surface area (Å²) in [5, 5.41) is 5.14. The lowest BCUT2D eigenvalue weighted by Crippen LogP contribution is -2.51. The third-order valence-electron chi connectivity index (χ3n) is 4.97. The topological polar surface area (TPSA) is 157 Å². The first-order valence-corrected chi connectivity index (χ1v) is 10.8. The summed E-state index contributed by atoms with van der Waals surface area (Å²) in [4.78, 5) is 75.6. The van der Waals surface area contributed by atoms with Gasteiger partial charge in [-0.3, -0.25) is 14.4 Å². The van der Waals surface area contributed by atoms with Crippen molar-refractivity contribution in [3.05, 3.63) is 99.7 Å². The van der Waals surface area contributed by atoms with Crippen molar-refractivity contribution in [2.45, 2.75) is 32.4 Å². The average molecular weight is 492 g/mol. The molecule has 3 aromatic rings. The van der Waals surface area contributed by atoms with E-state index in [9.17, 15) is 24.0 Å². The molecule has 0 atom stereocenters. The van der Waals surface area contributed by atoms with E-state index < -0.39 is 46.7 Å². The molecule has 0 aliphatic carbocycles. The average Bonchev–Trinajstić information content (AvgIpc) is 2.86. The minimum atomic E-state index is -1.63. The van der Waals surface area contributed by atoms with Gasteiger partial charge in [0.2, 0.25) is 0 Å². The zero-order valence-corrected chi connectivity index (χ0v) is 19.7. The maximum absolute atomic E-state index is 13.0. The second kappa shape index (κ2) is 11.1. The monoisotopic (exact) mass is 492 g/mol. The number of hydrogen-bond acceptors (Lipinski definition) is 8. The smallest absolute Gasteiger partial charge is 0.341 e. The first-order chi connectivity index (χ1) is 17.1. The Balaban J connectivity index is 1.77. The summed E-state index contributed by atoms with van der Waals surface area (Å²) in [6, 6.07) is 17.9. The van der Waals surface area contributed by atoms with Crippen LogP contribution in [0.15, 0.2) is 71.7 Å². The molecule has 0 saturated heterocycles. The molecule has 3 rings (SSSR count). The van der Waals surface area contributed by atoms with Crippen molar-refractivity contribution in [1.82, 2.24) is 20.6 Å². The summed E-state index contributed by atoms with van der Waals surface area (Å²) in [5.74, 6) is -3.97. The van der Waals surface area contributed by atoms with Crippen LogP contribution in [0.1, 0.15) is 58.9 Å². The minimum Gasteiger partial charge on any atom is -0.341 e. The van der Waals surface area contributed by atoms with Crippen LogP contribution < -0.4 is 16.2 Å². The van der Waals surface area contributed by atoms with Crippen molar-refractivity contribution in [2.75, 3.05) is 0 Å². The highest BCUT2D eigenvalue weighted by atomic mass is 17.2. The molecule has 11 heteroatoms. The molecular formula is C25H24N4O7. The predicted octanol–water partition coefficient (Wildman–Crippen LogP) is 1.82. The number of amides is 2. The summed E-state index contributed by atoms with van der Waals surface area (Å²) in [7, 11) is 0. The number of carbonyl (C=O) groups excluding carboxylic acids is 4. The van der Waals surface area contributed by atoms with Gasteiger partial charge < -0.3 is 15.6 Å². The molecule has 0 radical (unpaired) electrons. The van der Waals surface area contributed by atoms with E-state index in [0.29, 0.717) is 0 Å². The van der Waals surface area contributed by atoms with E-state index in [1.165, 1.54) is 13.8 Å². The van der Waals surface area contributed by atoms with Crippen molar-refractivity contribution in [1.29, 1.82) is 0 Å². The van der Waals surface area contributed by atoms with E-state index in [1.54, 1.807) is 0 Å². The molecule has 0 spiro atoms. The number of hydrogen-bond donors (Lipinski definition) is 3. The fourth-order valence-electron chi connectivity index (χ4n) is 3.13. The van der Waals surface area contributed by atoms with Crippen LogP contribution >= 0.6 is 0 Å². The zero-order chi connectivity index (χ0) is 26.3. The number of carbonyl (C=O) groups is 4. The summed E-state index contributed by atoms with van der Waals surface area (Å²) in [5.41, 5.74) is -1.18. The molecule has 0 unspecified atom stereocenters. The largest absolute Gasteiger partial charge is 0.380 e. The fraction of sp³-hybridized carbons (Fsp3) is 0.200. The van der Waals surface area contributed by atoms with Gasteiger partial charge in [0.05, 0.1) is 6.04 Å². The van der Waals surface area contributed by atoms with Crippen LogP contribution in [0.2, 0.25) is 0 Å². The van der Waals surface area contributed by atoms with Crippen molar-refractivity contribution in [2.24, 2.45) is 0 Å². The van der Waals surface area contributed by atoms with Crippen LogP contribution in [0.3, 0.4) is 0 Å². The summed E-state index contributed by atoms with van der Waals surface area (Å²) >= 11 is 0. The molecular weight excluding hydrogens is 468 g/mol. The molecule has 186 valence electrons. The standard InChI is InChI=1S/C25H24N4O7/c1-15(30)35-36-24(34)25(2,3)29-23(33)20-26-14-18(22(32)28-20)21(31)27-19(16-10-6-4-7-11-16)17-12-8-5-9-13-17/h4-14,19H,1-3H3,(H,27,31)(H,29,33)(H,26,28,32). The molecule has 0 aliphatic heterocycles. The van der Waals surface area contributed by atoms with Gasteiger partial charge in [-0.2, -0.15) is 0 Å². The van der Waals surface area contributed by atoms with Gasteiger partial charge >= 0.3 is 11.9 Å². The molecule has 11 nitrogen and oxygen atoms in total. The van der Waals surface area contributed by atoms with E-state index in [-0.39, 0.29) is 5.56 Å². The van der Waals surface area contributed by atoms with Crippen LogP contribution in [0.4, 0.5) is 0 Å². The lowest BCUT2D eigenvalue weighted by Gasteiger charge is -2.22. The van der Waals surface area contributed by atoms with Gasteiger partial charge in [0, 0.05) is 13.1 Å². The third-order valence-corrected chi connectivity index (χ3v) is 4.97. The van der Waals surface area contributed by atoms with E-state index in [0.717, 1.165) is 24.2 Å². The minimum absolute atomic E-state index is 0.308. The number of nitrogens with one attached hydrogen (secondary N) is 3. The van der Waals surface area contributed by atoms with Gasteiger partial charge in [-0.05, 0) is 25.0 Å². The normalized spacial score (nSPS) is 10.9. The molecule has 0 aliphatic rings. The van der Waals surface area contributed by atoms with Gasteiger partial charge in [0.25, 0.3) is 17.4 Å². The second-order valence-electron chi connectivity index (χ2n) is 8.23. The van der Waals surface area contributed by atoms with Crippen LogP contribution in [-0.4, -0.2) is 39.3 Å². The number of aromatic amines is 1.